The molecule has 2 N–H and O–H groups in total. The molecule has 1 fully saturated rings. The fourth-order valence-electron chi connectivity index (χ4n) is 2.42. The maximum atomic E-state index is 5.76. The first-order valence-electron chi connectivity index (χ1n) is 6.78. The smallest absolute Gasteiger partial charge is 0.126 e. The van der Waals surface area contributed by atoms with E-state index in [1.165, 1.54) is 0 Å². The molecule has 0 bridgehead atoms. The van der Waals surface area contributed by atoms with Crippen molar-refractivity contribution in [3.63, 3.8) is 0 Å². The summed E-state index contributed by atoms with van der Waals surface area (Å²) in [7, 11) is 2.07. The lowest BCUT2D eigenvalue weighted by Crippen LogP contribution is -2.46. The third-order valence-electron chi connectivity index (χ3n) is 3.56. The Labute approximate surface area is 120 Å². The Balaban J connectivity index is 2.15. The van der Waals surface area contributed by atoms with E-state index in [1.54, 1.807) is 6.20 Å². The zero-order valence-electron chi connectivity index (χ0n) is 12.5. The van der Waals surface area contributed by atoms with Gasteiger partial charge >= 0.3 is 0 Å². The normalized spacial score (nSPS) is 17.4. The number of anilines is 1. The average molecular weight is 273 g/mol. The lowest BCUT2D eigenvalue weighted by Gasteiger charge is -2.40. The number of nitrogen functional groups attached to an aromatic ring is 1. The van der Waals surface area contributed by atoms with E-state index in [2.05, 4.69) is 36.6 Å². The zero-order valence-corrected chi connectivity index (χ0v) is 12.5. The molecule has 0 aliphatic carbocycles. The molecule has 0 radical (unpaired) electrons. The molecular weight excluding hydrogens is 250 g/mol. The number of pyridine rings is 1. The van der Waals surface area contributed by atoms with Crippen molar-refractivity contribution < 1.29 is 4.74 Å². The Morgan fingerprint density at radius 2 is 2.30 bits per heavy atom. The van der Waals surface area contributed by atoms with Gasteiger partial charge in [0.1, 0.15) is 5.82 Å². The fourth-order valence-corrected chi connectivity index (χ4v) is 2.42. The molecule has 0 saturated carbocycles. The summed E-state index contributed by atoms with van der Waals surface area (Å²) in [6.45, 7) is 10.7. The summed E-state index contributed by atoms with van der Waals surface area (Å²) in [6.07, 6.45) is 5.74. The van der Waals surface area contributed by atoms with Crippen molar-refractivity contribution >= 4 is 11.4 Å². The van der Waals surface area contributed by atoms with Crippen LogP contribution in [-0.2, 0) is 4.74 Å². The van der Waals surface area contributed by atoms with Gasteiger partial charge in [-0.25, -0.2) is 4.98 Å². The third kappa shape index (κ3) is 3.20. The van der Waals surface area contributed by atoms with Gasteiger partial charge in [0, 0.05) is 37.0 Å². The molecule has 20 heavy (non-hydrogen) atoms. The van der Waals surface area contributed by atoms with Crippen LogP contribution in [0.4, 0.5) is 5.82 Å². The summed E-state index contributed by atoms with van der Waals surface area (Å²) in [4.78, 5) is 6.39. The monoisotopic (exact) mass is 273 g/mol. The minimum absolute atomic E-state index is 0.257. The molecule has 0 unspecified atom stereocenters. The van der Waals surface area contributed by atoms with Gasteiger partial charge in [0.25, 0.3) is 0 Å². The van der Waals surface area contributed by atoms with E-state index in [0.717, 1.165) is 36.5 Å². The largest absolute Gasteiger partial charge is 0.383 e. The van der Waals surface area contributed by atoms with Crippen molar-refractivity contribution in [2.45, 2.75) is 13.8 Å². The number of ether oxygens (including phenoxy) is 1. The van der Waals surface area contributed by atoms with Gasteiger partial charge in [-0.3, -0.25) is 0 Å². The van der Waals surface area contributed by atoms with Gasteiger partial charge < -0.3 is 15.4 Å². The van der Waals surface area contributed by atoms with E-state index in [9.17, 15) is 0 Å². The molecule has 1 aliphatic heterocycles. The second-order valence-corrected chi connectivity index (χ2v) is 5.93. The van der Waals surface area contributed by atoms with E-state index < -0.39 is 0 Å². The molecule has 4 heteroatoms. The van der Waals surface area contributed by atoms with Gasteiger partial charge in [0.05, 0.1) is 13.2 Å². The van der Waals surface area contributed by atoms with Gasteiger partial charge in [-0.1, -0.05) is 19.6 Å². The first-order valence-corrected chi connectivity index (χ1v) is 6.78. The summed E-state index contributed by atoms with van der Waals surface area (Å²) in [6, 6.07) is 2.04. The minimum atomic E-state index is 0.257. The topological polar surface area (TPSA) is 51.4 Å². The van der Waals surface area contributed by atoms with Gasteiger partial charge in [-0.05, 0) is 24.1 Å². The number of aryl methyl sites for hydroxylation is 1. The Morgan fingerprint density at radius 1 is 1.60 bits per heavy atom. The Hall–Kier alpha value is -1.81. The van der Waals surface area contributed by atoms with Crippen LogP contribution in [0.15, 0.2) is 31.1 Å². The van der Waals surface area contributed by atoms with Crippen LogP contribution in [0.1, 0.15) is 18.1 Å². The Bertz CT molecular complexity index is 533. The number of nitrogens with zero attached hydrogens (tertiary/aromatic N) is 2. The predicted octanol–water partition coefficient (Wildman–Crippen LogP) is 2.47. The third-order valence-corrected chi connectivity index (χ3v) is 3.56. The van der Waals surface area contributed by atoms with E-state index in [4.69, 9.17) is 10.5 Å². The molecule has 1 saturated heterocycles. The summed E-state index contributed by atoms with van der Waals surface area (Å²) in [5.74, 6) is 0.574. The molecule has 1 aromatic rings. The van der Waals surface area contributed by atoms with E-state index in [1.807, 2.05) is 19.1 Å². The molecule has 4 nitrogen and oxygen atoms in total. The molecule has 0 atom stereocenters. The summed E-state index contributed by atoms with van der Waals surface area (Å²) in [5.41, 5.74) is 9.08. The predicted molar refractivity (Wildman–Crippen MR) is 83.1 cm³/mol. The van der Waals surface area contributed by atoms with Crippen molar-refractivity contribution in [2.75, 3.05) is 32.5 Å². The number of hydrogen-bond acceptors (Lipinski definition) is 4. The number of nitrogens with two attached hydrogens (primary N) is 1. The summed E-state index contributed by atoms with van der Waals surface area (Å²) in [5, 5.41) is 0. The molecule has 2 rings (SSSR count). The maximum Gasteiger partial charge on any atom is 0.126 e. The lowest BCUT2D eigenvalue weighted by atomic mass is 9.88. The molecule has 0 spiro atoms. The van der Waals surface area contributed by atoms with Crippen LogP contribution in [0.2, 0.25) is 0 Å². The number of rotatable bonds is 5. The zero-order chi connectivity index (χ0) is 14.8. The van der Waals surface area contributed by atoms with Crippen molar-refractivity contribution in [3.8, 4) is 0 Å². The highest BCUT2D eigenvalue weighted by molar-refractivity contribution is 5.73. The minimum Gasteiger partial charge on any atom is -0.383 e. The molecule has 1 aliphatic rings. The summed E-state index contributed by atoms with van der Waals surface area (Å²) < 4.78 is 5.29. The van der Waals surface area contributed by atoms with Crippen LogP contribution < -0.4 is 5.73 Å². The number of hydrogen-bond donors (Lipinski definition) is 1. The van der Waals surface area contributed by atoms with Crippen LogP contribution in [0.25, 0.3) is 5.57 Å². The van der Waals surface area contributed by atoms with Crippen molar-refractivity contribution in [2.24, 2.45) is 5.41 Å². The molecule has 2 heterocycles. The highest BCUT2D eigenvalue weighted by atomic mass is 16.5. The first-order chi connectivity index (χ1) is 9.43. The molecular formula is C16H23N3O. The van der Waals surface area contributed by atoms with Gasteiger partial charge in [0.15, 0.2) is 0 Å². The van der Waals surface area contributed by atoms with Gasteiger partial charge in [-0.15, -0.1) is 0 Å². The SMILES string of the molecule is C=C/C(=C\N(C)CC1(C)COC1)c1cnc(N)c(C)c1. The highest BCUT2D eigenvalue weighted by Crippen LogP contribution is 2.28. The van der Waals surface area contributed by atoms with Crippen molar-refractivity contribution in [1.82, 2.24) is 9.88 Å². The Kier molecular flexibility index (Phi) is 4.14. The van der Waals surface area contributed by atoms with Crippen LogP contribution in [-0.4, -0.2) is 36.7 Å². The molecule has 0 aromatic carbocycles. The van der Waals surface area contributed by atoms with E-state index in [-0.39, 0.29) is 5.41 Å². The average Bonchev–Trinajstić information content (AvgIpc) is 2.37. The van der Waals surface area contributed by atoms with E-state index in [0.29, 0.717) is 5.82 Å². The number of aromatic nitrogens is 1. The summed E-state index contributed by atoms with van der Waals surface area (Å²) >= 11 is 0. The molecule has 0 amide bonds. The second-order valence-electron chi connectivity index (χ2n) is 5.93. The van der Waals surface area contributed by atoms with Crippen LogP contribution in [0.3, 0.4) is 0 Å². The highest BCUT2D eigenvalue weighted by Gasteiger charge is 2.33. The van der Waals surface area contributed by atoms with Gasteiger partial charge in [-0.2, -0.15) is 0 Å². The second kappa shape index (κ2) is 5.67. The molecule has 1 aromatic heterocycles. The van der Waals surface area contributed by atoms with Crippen molar-refractivity contribution in [3.05, 3.63) is 42.2 Å². The van der Waals surface area contributed by atoms with Crippen molar-refractivity contribution in [1.29, 1.82) is 0 Å². The van der Waals surface area contributed by atoms with Crippen LogP contribution >= 0.6 is 0 Å². The molecule has 108 valence electrons. The van der Waals surface area contributed by atoms with Gasteiger partial charge in [0.2, 0.25) is 0 Å². The van der Waals surface area contributed by atoms with Crippen LogP contribution in [0, 0.1) is 12.3 Å². The first kappa shape index (κ1) is 14.6. The standard InChI is InChI=1S/C16H23N3O/c1-5-13(14-6-12(2)15(17)18-7-14)8-19(4)9-16(3)10-20-11-16/h5-8H,1,9-11H2,2-4H3,(H2,17,18)/b13-8+. The Morgan fingerprint density at radius 3 is 2.80 bits per heavy atom. The maximum absolute atomic E-state index is 5.76. The number of allylic oxidation sites excluding steroid dienone is 2. The lowest BCUT2D eigenvalue weighted by molar-refractivity contribution is -0.108. The van der Waals surface area contributed by atoms with Crippen LogP contribution in [0.5, 0.6) is 0 Å². The fraction of sp³-hybridized carbons (Fsp3) is 0.438. The van der Waals surface area contributed by atoms with E-state index >= 15 is 0 Å². The quantitative estimate of drug-likeness (QED) is 0.837.